The molecular weight excluding hydrogens is 422 g/mol. The molecule has 2 aromatic carbocycles. The molecule has 0 aliphatic carbocycles. The lowest BCUT2D eigenvalue weighted by Gasteiger charge is -2.28. The zero-order valence-corrected chi connectivity index (χ0v) is 18.7. The number of phenolic OH excluding ortho intramolecular Hbond substituents is 1. The van der Waals surface area contributed by atoms with Gasteiger partial charge in [-0.3, -0.25) is 9.59 Å². The minimum atomic E-state index is -0.894. The zero-order valence-electron chi connectivity index (χ0n) is 18.7. The van der Waals surface area contributed by atoms with Gasteiger partial charge in [-0.25, -0.2) is 0 Å². The first kappa shape index (κ1) is 22.2. The number of nitrogens with zero attached hydrogens (tertiary/aromatic N) is 1. The number of ether oxygens (including phenoxy) is 1. The number of hydrogen-bond donors (Lipinski definition) is 2. The van der Waals surface area contributed by atoms with Crippen molar-refractivity contribution in [1.82, 2.24) is 4.90 Å². The maximum absolute atomic E-state index is 13.3. The summed E-state index contributed by atoms with van der Waals surface area (Å²) >= 11 is 0. The topological polar surface area (TPSA) is 100 Å². The Hall–Kier alpha value is -4.00. The van der Waals surface area contributed by atoms with Gasteiger partial charge in [0.15, 0.2) is 23.0 Å². The van der Waals surface area contributed by atoms with Gasteiger partial charge < -0.3 is 24.3 Å². The second-order valence-electron chi connectivity index (χ2n) is 7.99. The van der Waals surface area contributed by atoms with Crippen LogP contribution in [0.1, 0.15) is 45.8 Å². The maximum Gasteiger partial charge on any atom is 0.290 e. The van der Waals surface area contributed by atoms with Crippen LogP contribution in [0.25, 0.3) is 0 Å². The smallest absolute Gasteiger partial charge is 0.290 e. The highest BCUT2D eigenvalue weighted by Gasteiger charge is 2.44. The van der Waals surface area contributed by atoms with Crippen LogP contribution >= 0.6 is 0 Å². The van der Waals surface area contributed by atoms with E-state index in [1.165, 1.54) is 23.3 Å². The van der Waals surface area contributed by atoms with E-state index in [0.717, 1.165) is 16.7 Å². The summed E-state index contributed by atoms with van der Waals surface area (Å²) in [5.41, 5.74) is 3.36. The van der Waals surface area contributed by atoms with E-state index in [9.17, 15) is 19.8 Å². The van der Waals surface area contributed by atoms with Crippen molar-refractivity contribution in [2.24, 2.45) is 0 Å². The molecule has 0 bridgehead atoms. The lowest BCUT2D eigenvalue weighted by molar-refractivity contribution is -0.130. The van der Waals surface area contributed by atoms with Crippen molar-refractivity contribution >= 4 is 11.7 Å². The molecule has 170 valence electrons. The third-order valence-electron chi connectivity index (χ3n) is 5.74. The van der Waals surface area contributed by atoms with Crippen LogP contribution in [-0.4, -0.2) is 33.4 Å². The van der Waals surface area contributed by atoms with Gasteiger partial charge >= 0.3 is 0 Å². The van der Waals surface area contributed by atoms with E-state index in [2.05, 4.69) is 0 Å². The van der Waals surface area contributed by atoms with Gasteiger partial charge in [0, 0.05) is 6.54 Å². The van der Waals surface area contributed by atoms with Crippen LogP contribution in [0.4, 0.5) is 0 Å². The summed E-state index contributed by atoms with van der Waals surface area (Å²) in [6, 6.07) is 12.7. The molecular formula is C26H25NO6. The third-order valence-corrected chi connectivity index (χ3v) is 5.74. The Balaban J connectivity index is 1.84. The number of carbonyl (C=O) groups is 2. The van der Waals surface area contributed by atoms with E-state index in [-0.39, 0.29) is 29.4 Å². The summed E-state index contributed by atoms with van der Waals surface area (Å²) in [5, 5.41) is 21.0. The molecule has 3 aromatic rings. The van der Waals surface area contributed by atoms with Crippen molar-refractivity contribution in [3.8, 4) is 11.5 Å². The van der Waals surface area contributed by atoms with Crippen LogP contribution in [0.2, 0.25) is 0 Å². The number of hydrogen-bond acceptors (Lipinski definition) is 6. The number of rotatable bonds is 7. The summed E-state index contributed by atoms with van der Waals surface area (Å²) in [7, 11) is 0. The second kappa shape index (κ2) is 8.86. The molecule has 7 nitrogen and oxygen atoms in total. The van der Waals surface area contributed by atoms with Gasteiger partial charge in [-0.2, -0.15) is 0 Å². The van der Waals surface area contributed by atoms with Crippen LogP contribution in [0.15, 0.2) is 70.5 Å². The van der Waals surface area contributed by atoms with Crippen molar-refractivity contribution in [3.05, 3.63) is 94.1 Å². The summed E-state index contributed by atoms with van der Waals surface area (Å²) in [4.78, 5) is 27.9. The number of aliphatic hydroxyl groups excluding tert-OH is 1. The van der Waals surface area contributed by atoms with E-state index in [1.807, 2.05) is 32.0 Å². The molecule has 2 heterocycles. The lowest BCUT2D eigenvalue weighted by Crippen LogP contribution is -2.31. The van der Waals surface area contributed by atoms with Crippen LogP contribution < -0.4 is 4.74 Å². The highest BCUT2D eigenvalue weighted by atomic mass is 16.5. The summed E-state index contributed by atoms with van der Waals surface area (Å²) in [6.45, 7) is 6.20. The molecule has 1 amide bonds. The number of furan rings is 1. The Morgan fingerprint density at radius 3 is 2.61 bits per heavy atom. The number of aliphatic hydroxyl groups is 1. The number of benzene rings is 2. The fraction of sp³-hybridized carbons (Fsp3) is 0.231. The summed E-state index contributed by atoms with van der Waals surface area (Å²) in [6.07, 6.45) is 1.36. The van der Waals surface area contributed by atoms with Crippen LogP contribution in [0.3, 0.4) is 0 Å². The van der Waals surface area contributed by atoms with Crippen molar-refractivity contribution in [2.45, 2.75) is 33.4 Å². The average Bonchev–Trinajstić information content (AvgIpc) is 3.41. The highest BCUT2D eigenvalue weighted by Crippen LogP contribution is 2.42. The summed E-state index contributed by atoms with van der Waals surface area (Å²) < 4.78 is 10.8. The van der Waals surface area contributed by atoms with E-state index < -0.39 is 23.5 Å². The highest BCUT2D eigenvalue weighted by molar-refractivity contribution is 6.15. The van der Waals surface area contributed by atoms with Gasteiger partial charge in [0.1, 0.15) is 0 Å². The van der Waals surface area contributed by atoms with Gasteiger partial charge in [-0.05, 0) is 61.7 Å². The number of aryl methyl sites for hydroxylation is 2. The lowest BCUT2D eigenvalue weighted by atomic mass is 9.94. The number of Topliss-reactive ketones (excluding diaryl/α,β-unsaturated/α-hetero) is 1. The van der Waals surface area contributed by atoms with E-state index in [4.69, 9.17) is 9.15 Å². The Labute approximate surface area is 191 Å². The number of phenols is 1. The third kappa shape index (κ3) is 4.09. The van der Waals surface area contributed by atoms with Crippen LogP contribution in [0.5, 0.6) is 11.5 Å². The van der Waals surface area contributed by atoms with Gasteiger partial charge in [0.2, 0.25) is 5.78 Å². The summed E-state index contributed by atoms with van der Waals surface area (Å²) in [5.74, 6) is -1.65. The Kier molecular flexibility index (Phi) is 5.96. The first-order valence-electron chi connectivity index (χ1n) is 10.7. The largest absolute Gasteiger partial charge is 0.504 e. The van der Waals surface area contributed by atoms with E-state index in [1.54, 1.807) is 25.1 Å². The Morgan fingerprint density at radius 1 is 1.12 bits per heavy atom. The predicted molar refractivity (Wildman–Crippen MR) is 121 cm³/mol. The predicted octanol–water partition coefficient (Wildman–Crippen LogP) is 4.78. The number of aromatic hydroxyl groups is 1. The molecule has 7 heteroatoms. The molecule has 0 fully saturated rings. The van der Waals surface area contributed by atoms with Crippen molar-refractivity contribution in [1.29, 1.82) is 0 Å². The SMILES string of the molecule is CCOc1cc(C2C(C(=O)c3ccco3)=C(O)C(=O)N2Cc2cc(C)ccc2C)ccc1O. The monoisotopic (exact) mass is 447 g/mol. The van der Waals surface area contributed by atoms with Crippen LogP contribution in [0, 0.1) is 13.8 Å². The molecule has 1 aliphatic heterocycles. The molecule has 2 N–H and O–H groups in total. The van der Waals surface area contributed by atoms with Crippen molar-refractivity contribution < 1.29 is 29.0 Å². The molecule has 33 heavy (non-hydrogen) atoms. The molecule has 1 unspecified atom stereocenters. The molecule has 1 aromatic heterocycles. The molecule has 4 rings (SSSR count). The standard InChI is InChI=1S/C26H25NO6/c1-4-32-21-13-17(9-10-19(21)28)23-22(24(29)20-6-5-11-33-20)25(30)26(31)27(23)14-18-12-15(2)7-8-16(18)3/h5-13,23,28,30H,4,14H2,1-3H3. The fourth-order valence-corrected chi connectivity index (χ4v) is 4.06. The molecule has 0 saturated heterocycles. The zero-order chi connectivity index (χ0) is 23.7. The fourth-order valence-electron chi connectivity index (χ4n) is 4.06. The Bertz CT molecular complexity index is 1240. The molecule has 0 radical (unpaired) electrons. The number of carbonyl (C=O) groups excluding carboxylic acids is 2. The average molecular weight is 447 g/mol. The number of amides is 1. The minimum absolute atomic E-state index is 0.0201. The maximum atomic E-state index is 13.3. The first-order valence-corrected chi connectivity index (χ1v) is 10.7. The number of ketones is 1. The van der Waals surface area contributed by atoms with E-state index in [0.29, 0.717) is 12.2 Å². The van der Waals surface area contributed by atoms with Gasteiger partial charge in [0.05, 0.1) is 24.5 Å². The molecule has 1 atom stereocenters. The second-order valence-corrected chi connectivity index (χ2v) is 7.99. The Morgan fingerprint density at radius 2 is 1.91 bits per heavy atom. The van der Waals surface area contributed by atoms with E-state index >= 15 is 0 Å². The van der Waals surface area contributed by atoms with Gasteiger partial charge in [0.25, 0.3) is 5.91 Å². The molecule has 1 aliphatic rings. The van der Waals surface area contributed by atoms with Crippen LogP contribution in [-0.2, 0) is 11.3 Å². The van der Waals surface area contributed by atoms with Gasteiger partial charge in [-0.1, -0.05) is 29.8 Å². The molecule has 0 saturated carbocycles. The minimum Gasteiger partial charge on any atom is -0.504 e. The van der Waals surface area contributed by atoms with Crippen molar-refractivity contribution in [2.75, 3.05) is 6.61 Å². The van der Waals surface area contributed by atoms with Crippen molar-refractivity contribution in [3.63, 3.8) is 0 Å². The first-order chi connectivity index (χ1) is 15.8. The molecule has 0 spiro atoms. The normalized spacial score (nSPS) is 15.9. The van der Waals surface area contributed by atoms with Gasteiger partial charge in [-0.15, -0.1) is 0 Å². The quantitative estimate of drug-likeness (QED) is 0.506.